The van der Waals surface area contributed by atoms with Crippen molar-refractivity contribution in [1.82, 2.24) is 0 Å². The SMILES string of the molecule is CC(C)C(=O)c1ccc(Nc2ccc(C(=O)C(C)C)cc2)cc1. The number of ketones is 2. The summed E-state index contributed by atoms with van der Waals surface area (Å²) in [6.07, 6.45) is 0. The van der Waals surface area contributed by atoms with Crippen LogP contribution in [0.3, 0.4) is 0 Å². The average molecular weight is 309 g/mol. The second-order valence-corrected chi connectivity index (χ2v) is 6.32. The van der Waals surface area contributed by atoms with E-state index in [2.05, 4.69) is 5.32 Å². The Labute approximate surface area is 137 Å². The fourth-order valence-corrected chi connectivity index (χ4v) is 2.27. The zero-order valence-electron chi connectivity index (χ0n) is 14.1. The Bertz CT molecular complexity index is 621. The van der Waals surface area contributed by atoms with Crippen LogP contribution >= 0.6 is 0 Å². The molecule has 0 spiro atoms. The zero-order chi connectivity index (χ0) is 17.0. The van der Waals surface area contributed by atoms with E-state index in [1.165, 1.54) is 0 Å². The first-order chi connectivity index (χ1) is 10.9. The molecule has 0 bridgehead atoms. The molecule has 120 valence electrons. The highest BCUT2D eigenvalue weighted by Crippen LogP contribution is 2.20. The molecule has 0 radical (unpaired) electrons. The van der Waals surface area contributed by atoms with Gasteiger partial charge in [-0.25, -0.2) is 0 Å². The molecular formula is C20H23NO2. The summed E-state index contributed by atoms with van der Waals surface area (Å²) >= 11 is 0. The number of carbonyl (C=O) groups excluding carboxylic acids is 2. The van der Waals surface area contributed by atoms with Gasteiger partial charge in [0.1, 0.15) is 0 Å². The van der Waals surface area contributed by atoms with E-state index in [9.17, 15) is 9.59 Å². The van der Waals surface area contributed by atoms with E-state index in [1.54, 1.807) is 0 Å². The first-order valence-corrected chi connectivity index (χ1v) is 7.94. The van der Waals surface area contributed by atoms with Gasteiger partial charge in [-0.15, -0.1) is 0 Å². The van der Waals surface area contributed by atoms with Crippen molar-refractivity contribution in [3.05, 3.63) is 59.7 Å². The van der Waals surface area contributed by atoms with Crippen LogP contribution in [0.15, 0.2) is 48.5 Å². The van der Waals surface area contributed by atoms with Crippen LogP contribution in [0.4, 0.5) is 11.4 Å². The normalized spacial score (nSPS) is 10.9. The maximum atomic E-state index is 11.9. The molecular weight excluding hydrogens is 286 g/mol. The van der Waals surface area contributed by atoms with Crippen LogP contribution in [0.5, 0.6) is 0 Å². The average Bonchev–Trinajstić information content (AvgIpc) is 2.54. The van der Waals surface area contributed by atoms with Gasteiger partial charge in [0.15, 0.2) is 11.6 Å². The van der Waals surface area contributed by atoms with E-state index in [0.29, 0.717) is 0 Å². The first kappa shape index (κ1) is 16.9. The molecule has 0 unspecified atom stereocenters. The van der Waals surface area contributed by atoms with E-state index >= 15 is 0 Å². The van der Waals surface area contributed by atoms with Gasteiger partial charge in [-0.05, 0) is 48.5 Å². The van der Waals surface area contributed by atoms with E-state index in [0.717, 1.165) is 22.5 Å². The minimum absolute atomic E-state index is 0.000141. The smallest absolute Gasteiger partial charge is 0.165 e. The van der Waals surface area contributed by atoms with Crippen molar-refractivity contribution in [3.8, 4) is 0 Å². The number of benzene rings is 2. The third-order valence-electron chi connectivity index (χ3n) is 3.68. The molecule has 2 aromatic carbocycles. The molecule has 3 heteroatoms. The van der Waals surface area contributed by atoms with Crippen molar-refractivity contribution < 1.29 is 9.59 Å². The molecule has 23 heavy (non-hydrogen) atoms. The van der Waals surface area contributed by atoms with Gasteiger partial charge < -0.3 is 5.32 Å². The minimum atomic E-state index is -0.000141. The van der Waals surface area contributed by atoms with Gasteiger partial charge in [0.2, 0.25) is 0 Å². The predicted octanol–water partition coefficient (Wildman–Crippen LogP) is 5.11. The number of hydrogen-bond acceptors (Lipinski definition) is 3. The molecule has 3 nitrogen and oxygen atoms in total. The van der Waals surface area contributed by atoms with E-state index in [-0.39, 0.29) is 23.4 Å². The van der Waals surface area contributed by atoms with Crippen molar-refractivity contribution >= 4 is 22.9 Å². The summed E-state index contributed by atoms with van der Waals surface area (Å²) in [7, 11) is 0. The number of carbonyl (C=O) groups is 2. The number of anilines is 2. The lowest BCUT2D eigenvalue weighted by Gasteiger charge is -2.10. The largest absolute Gasteiger partial charge is 0.356 e. The van der Waals surface area contributed by atoms with Crippen molar-refractivity contribution in [2.24, 2.45) is 11.8 Å². The Hall–Kier alpha value is -2.42. The summed E-state index contributed by atoms with van der Waals surface area (Å²) in [6, 6.07) is 14.9. The topological polar surface area (TPSA) is 46.2 Å². The van der Waals surface area contributed by atoms with Crippen LogP contribution in [-0.4, -0.2) is 11.6 Å². The molecule has 0 saturated carbocycles. The Morgan fingerprint density at radius 1 is 0.652 bits per heavy atom. The quantitative estimate of drug-likeness (QED) is 0.754. The number of Topliss-reactive ketones (excluding diaryl/α,β-unsaturated/α-hetero) is 2. The van der Waals surface area contributed by atoms with Crippen molar-refractivity contribution in [3.63, 3.8) is 0 Å². The monoisotopic (exact) mass is 309 g/mol. The van der Waals surface area contributed by atoms with E-state index in [4.69, 9.17) is 0 Å². The van der Waals surface area contributed by atoms with Gasteiger partial charge in [-0.1, -0.05) is 27.7 Å². The Kier molecular flexibility index (Phi) is 5.32. The van der Waals surface area contributed by atoms with Gasteiger partial charge in [0.05, 0.1) is 0 Å². The second kappa shape index (κ2) is 7.23. The molecule has 0 atom stereocenters. The molecule has 0 aliphatic rings. The summed E-state index contributed by atoms with van der Waals surface area (Å²) in [5, 5.41) is 3.27. The maximum Gasteiger partial charge on any atom is 0.165 e. The lowest BCUT2D eigenvalue weighted by molar-refractivity contribution is 0.0932. The molecule has 0 heterocycles. The molecule has 0 fully saturated rings. The highest BCUT2D eigenvalue weighted by molar-refractivity contribution is 5.98. The minimum Gasteiger partial charge on any atom is -0.356 e. The van der Waals surface area contributed by atoms with Crippen LogP contribution in [0.1, 0.15) is 48.4 Å². The Balaban J connectivity index is 2.08. The molecule has 0 saturated heterocycles. The molecule has 0 amide bonds. The standard InChI is InChI=1S/C20H23NO2/c1-13(2)19(22)15-5-9-17(10-6-15)21-18-11-7-16(8-12-18)20(23)14(3)4/h5-14,21H,1-4H3. The summed E-state index contributed by atoms with van der Waals surface area (Å²) in [4.78, 5) is 23.8. The van der Waals surface area contributed by atoms with Gasteiger partial charge in [0, 0.05) is 34.3 Å². The van der Waals surface area contributed by atoms with E-state index < -0.39 is 0 Å². The van der Waals surface area contributed by atoms with Crippen LogP contribution in [0.2, 0.25) is 0 Å². The van der Waals surface area contributed by atoms with Crippen LogP contribution in [0.25, 0.3) is 0 Å². The van der Waals surface area contributed by atoms with Gasteiger partial charge >= 0.3 is 0 Å². The van der Waals surface area contributed by atoms with Gasteiger partial charge in [-0.3, -0.25) is 9.59 Å². The van der Waals surface area contributed by atoms with Crippen molar-refractivity contribution in [2.45, 2.75) is 27.7 Å². The van der Waals surface area contributed by atoms with Crippen molar-refractivity contribution in [1.29, 1.82) is 0 Å². The number of nitrogens with one attached hydrogen (secondary N) is 1. The Morgan fingerprint density at radius 3 is 1.22 bits per heavy atom. The molecule has 0 aliphatic carbocycles. The highest BCUT2D eigenvalue weighted by atomic mass is 16.1. The molecule has 0 aliphatic heterocycles. The third-order valence-corrected chi connectivity index (χ3v) is 3.68. The zero-order valence-corrected chi connectivity index (χ0v) is 14.1. The molecule has 0 aromatic heterocycles. The number of rotatable bonds is 6. The highest BCUT2D eigenvalue weighted by Gasteiger charge is 2.11. The second-order valence-electron chi connectivity index (χ2n) is 6.32. The van der Waals surface area contributed by atoms with Crippen LogP contribution < -0.4 is 5.32 Å². The van der Waals surface area contributed by atoms with E-state index in [1.807, 2.05) is 76.2 Å². The fraction of sp³-hybridized carbons (Fsp3) is 0.300. The Morgan fingerprint density at radius 2 is 0.957 bits per heavy atom. The van der Waals surface area contributed by atoms with Gasteiger partial charge in [0.25, 0.3) is 0 Å². The molecule has 1 N–H and O–H groups in total. The molecule has 2 rings (SSSR count). The summed E-state index contributed by atoms with van der Waals surface area (Å²) in [5.41, 5.74) is 3.27. The lowest BCUT2D eigenvalue weighted by Crippen LogP contribution is -2.07. The summed E-state index contributed by atoms with van der Waals surface area (Å²) in [6.45, 7) is 7.59. The van der Waals surface area contributed by atoms with Crippen molar-refractivity contribution in [2.75, 3.05) is 5.32 Å². The summed E-state index contributed by atoms with van der Waals surface area (Å²) in [5.74, 6) is 0.292. The van der Waals surface area contributed by atoms with Crippen LogP contribution in [0, 0.1) is 11.8 Å². The lowest BCUT2D eigenvalue weighted by atomic mass is 10.0. The predicted molar refractivity (Wildman–Crippen MR) is 94.5 cm³/mol. The third kappa shape index (κ3) is 4.28. The summed E-state index contributed by atoms with van der Waals surface area (Å²) < 4.78 is 0. The maximum absolute atomic E-state index is 11.9. The van der Waals surface area contributed by atoms with Crippen LogP contribution in [-0.2, 0) is 0 Å². The first-order valence-electron chi connectivity index (χ1n) is 7.94. The molecule has 2 aromatic rings. The fourth-order valence-electron chi connectivity index (χ4n) is 2.27. The van der Waals surface area contributed by atoms with Gasteiger partial charge in [-0.2, -0.15) is 0 Å². The number of hydrogen-bond donors (Lipinski definition) is 1.